The number of benzene rings is 1. The van der Waals surface area contributed by atoms with Gasteiger partial charge in [-0.15, -0.1) is 0 Å². The average Bonchev–Trinajstić information content (AvgIpc) is 2.63. The fourth-order valence-corrected chi connectivity index (χ4v) is 4.63. The standard InChI is InChI=1S/C16H25FN2O3S/c1-18(2)13-16(20)8-3-10-19(11-9-16)23(21,22)12-14-4-6-15(17)7-5-14/h4-7,20H,3,8-13H2,1-2H3. The summed E-state index contributed by atoms with van der Waals surface area (Å²) < 4.78 is 39.5. The predicted octanol–water partition coefficient (Wildman–Crippen LogP) is 1.43. The van der Waals surface area contributed by atoms with Crippen molar-refractivity contribution in [1.82, 2.24) is 9.21 Å². The summed E-state index contributed by atoms with van der Waals surface area (Å²) in [5.74, 6) is -0.519. The van der Waals surface area contributed by atoms with E-state index in [4.69, 9.17) is 0 Å². The zero-order valence-corrected chi connectivity index (χ0v) is 14.5. The maximum Gasteiger partial charge on any atom is 0.218 e. The van der Waals surface area contributed by atoms with Crippen LogP contribution in [0.15, 0.2) is 24.3 Å². The van der Waals surface area contributed by atoms with Gasteiger partial charge in [0.2, 0.25) is 10.0 Å². The van der Waals surface area contributed by atoms with Crippen molar-refractivity contribution < 1.29 is 17.9 Å². The van der Waals surface area contributed by atoms with Crippen molar-refractivity contribution in [3.63, 3.8) is 0 Å². The van der Waals surface area contributed by atoms with Crippen LogP contribution in [0, 0.1) is 5.82 Å². The molecule has 0 saturated carbocycles. The molecular weight excluding hydrogens is 319 g/mol. The second kappa shape index (κ2) is 7.25. The van der Waals surface area contributed by atoms with E-state index in [9.17, 15) is 17.9 Å². The summed E-state index contributed by atoms with van der Waals surface area (Å²) in [5, 5.41) is 10.6. The summed E-state index contributed by atoms with van der Waals surface area (Å²) in [6.45, 7) is 1.26. The van der Waals surface area contributed by atoms with Crippen LogP contribution in [0.25, 0.3) is 0 Å². The lowest BCUT2D eigenvalue weighted by Gasteiger charge is -2.29. The van der Waals surface area contributed by atoms with Crippen molar-refractivity contribution in [3.8, 4) is 0 Å². The molecule has 2 rings (SSSR count). The molecule has 1 aromatic carbocycles. The van der Waals surface area contributed by atoms with Gasteiger partial charge in [-0.1, -0.05) is 12.1 Å². The third-order valence-corrected chi connectivity index (χ3v) is 5.99. The smallest absolute Gasteiger partial charge is 0.218 e. The van der Waals surface area contributed by atoms with Crippen molar-refractivity contribution in [2.24, 2.45) is 0 Å². The number of likely N-dealkylation sites (N-methyl/N-ethyl adjacent to an activating group) is 1. The Morgan fingerprint density at radius 1 is 1.22 bits per heavy atom. The second-order valence-corrected chi connectivity index (χ2v) is 8.57. The van der Waals surface area contributed by atoms with Crippen LogP contribution in [0.5, 0.6) is 0 Å². The molecule has 5 nitrogen and oxygen atoms in total. The van der Waals surface area contributed by atoms with Gasteiger partial charge in [0, 0.05) is 19.6 Å². The minimum Gasteiger partial charge on any atom is -0.389 e. The molecule has 0 radical (unpaired) electrons. The monoisotopic (exact) mass is 344 g/mol. The zero-order valence-electron chi connectivity index (χ0n) is 13.7. The summed E-state index contributed by atoms with van der Waals surface area (Å²) in [5.41, 5.74) is -0.275. The van der Waals surface area contributed by atoms with Gasteiger partial charge in [-0.05, 0) is 51.1 Å². The van der Waals surface area contributed by atoms with Crippen LogP contribution in [0.3, 0.4) is 0 Å². The molecule has 1 saturated heterocycles. The molecule has 0 spiro atoms. The molecule has 130 valence electrons. The third kappa shape index (κ3) is 5.24. The minimum absolute atomic E-state index is 0.139. The molecule has 7 heteroatoms. The summed E-state index contributed by atoms with van der Waals surface area (Å²) in [7, 11) is 0.324. The van der Waals surface area contributed by atoms with Gasteiger partial charge in [-0.25, -0.2) is 17.1 Å². The minimum atomic E-state index is -3.47. The van der Waals surface area contributed by atoms with E-state index in [1.807, 2.05) is 19.0 Å². The fraction of sp³-hybridized carbons (Fsp3) is 0.625. The van der Waals surface area contributed by atoms with Gasteiger partial charge in [-0.2, -0.15) is 0 Å². The van der Waals surface area contributed by atoms with Crippen molar-refractivity contribution in [1.29, 1.82) is 0 Å². The molecule has 1 unspecified atom stereocenters. The van der Waals surface area contributed by atoms with Crippen LogP contribution in [-0.4, -0.2) is 62.1 Å². The molecule has 0 amide bonds. The molecule has 1 aliphatic rings. The number of hydrogen-bond acceptors (Lipinski definition) is 4. The maximum atomic E-state index is 12.9. The van der Waals surface area contributed by atoms with Crippen LogP contribution in [0.4, 0.5) is 4.39 Å². The fourth-order valence-electron chi connectivity index (χ4n) is 3.06. The molecule has 1 aliphatic heterocycles. The SMILES string of the molecule is CN(C)CC1(O)CCCN(S(=O)(=O)Cc2ccc(F)cc2)CC1. The van der Waals surface area contributed by atoms with Crippen LogP contribution < -0.4 is 0 Å². The highest BCUT2D eigenvalue weighted by Gasteiger charge is 2.34. The molecule has 1 fully saturated rings. The first-order chi connectivity index (χ1) is 10.7. The van der Waals surface area contributed by atoms with E-state index in [0.717, 1.165) is 0 Å². The second-order valence-electron chi connectivity index (χ2n) is 6.60. The summed E-state index contributed by atoms with van der Waals surface area (Å²) >= 11 is 0. The highest BCUT2D eigenvalue weighted by atomic mass is 32.2. The Morgan fingerprint density at radius 2 is 1.87 bits per heavy atom. The van der Waals surface area contributed by atoms with E-state index in [1.54, 1.807) is 0 Å². The number of rotatable bonds is 5. The summed E-state index contributed by atoms with van der Waals surface area (Å²) in [6, 6.07) is 5.52. The van der Waals surface area contributed by atoms with Gasteiger partial charge in [0.15, 0.2) is 0 Å². The first-order valence-corrected chi connectivity index (χ1v) is 9.41. The van der Waals surface area contributed by atoms with Gasteiger partial charge in [0.1, 0.15) is 5.82 Å². The first-order valence-electron chi connectivity index (χ1n) is 7.80. The lowest BCUT2D eigenvalue weighted by Crippen LogP contribution is -2.41. The highest BCUT2D eigenvalue weighted by molar-refractivity contribution is 7.88. The molecule has 0 aliphatic carbocycles. The van der Waals surface area contributed by atoms with Crippen LogP contribution in [0.2, 0.25) is 0 Å². The van der Waals surface area contributed by atoms with E-state index in [-0.39, 0.29) is 11.6 Å². The van der Waals surface area contributed by atoms with Gasteiger partial charge in [0.25, 0.3) is 0 Å². The molecule has 0 bridgehead atoms. The van der Waals surface area contributed by atoms with Gasteiger partial charge >= 0.3 is 0 Å². The van der Waals surface area contributed by atoms with E-state index in [1.165, 1.54) is 28.6 Å². The van der Waals surface area contributed by atoms with Crippen molar-refractivity contribution >= 4 is 10.0 Å². The quantitative estimate of drug-likeness (QED) is 0.878. The number of aliphatic hydroxyl groups is 1. The van der Waals surface area contributed by atoms with Crippen LogP contribution >= 0.6 is 0 Å². The van der Waals surface area contributed by atoms with Crippen LogP contribution in [0.1, 0.15) is 24.8 Å². The lowest BCUT2D eigenvalue weighted by atomic mass is 9.94. The Morgan fingerprint density at radius 3 is 2.48 bits per heavy atom. The molecule has 1 heterocycles. The number of hydrogen-bond donors (Lipinski definition) is 1. The van der Waals surface area contributed by atoms with E-state index in [0.29, 0.717) is 44.5 Å². The topological polar surface area (TPSA) is 60.9 Å². The Hall–Kier alpha value is -1.02. The van der Waals surface area contributed by atoms with E-state index < -0.39 is 15.6 Å². The predicted molar refractivity (Wildman–Crippen MR) is 88.0 cm³/mol. The molecular formula is C16H25FN2O3S. The van der Waals surface area contributed by atoms with Gasteiger partial charge in [-0.3, -0.25) is 0 Å². The lowest BCUT2D eigenvalue weighted by molar-refractivity contribution is 0.00405. The number of halogens is 1. The van der Waals surface area contributed by atoms with E-state index >= 15 is 0 Å². The summed E-state index contributed by atoms with van der Waals surface area (Å²) in [6.07, 6.45) is 1.65. The molecule has 23 heavy (non-hydrogen) atoms. The normalized spacial score (nSPS) is 23.9. The first kappa shape index (κ1) is 18.3. The Kier molecular flexibility index (Phi) is 5.78. The Labute approximate surface area is 137 Å². The van der Waals surface area contributed by atoms with Crippen molar-refractivity contribution in [2.75, 3.05) is 33.7 Å². The summed E-state index contributed by atoms with van der Waals surface area (Å²) in [4.78, 5) is 1.92. The van der Waals surface area contributed by atoms with Crippen LogP contribution in [-0.2, 0) is 15.8 Å². The van der Waals surface area contributed by atoms with Gasteiger partial charge in [0.05, 0.1) is 11.4 Å². The Bertz CT molecular complexity index is 619. The number of nitrogens with zero attached hydrogens (tertiary/aromatic N) is 2. The number of sulfonamides is 1. The molecule has 1 aromatic rings. The highest BCUT2D eigenvalue weighted by Crippen LogP contribution is 2.25. The van der Waals surface area contributed by atoms with Crippen molar-refractivity contribution in [3.05, 3.63) is 35.6 Å². The molecule has 0 aromatic heterocycles. The molecule has 1 atom stereocenters. The van der Waals surface area contributed by atoms with Crippen molar-refractivity contribution in [2.45, 2.75) is 30.6 Å². The average molecular weight is 344 g/mol. The largest absolute Gasteiger partial charge is 0.389 e. The maximum absolute atomic E-state index is 12.9. The van der Waals surface area contributed by atoms with Gasteiger partial charge < -0.3 is 10.0 Å². The Balaban J connectivity index is 2.04. The zero-order chi connectivity index (χ0) is 17.1. The van der Waals surface area contributed by atoms with E-state index in [2.05, 4.69) is 0 Å². The third-order valence-electron chi connectivity index (χ3n) is 4.14. The molecule has 1 N–H and O–H groups in total.